The van der Waals surface area contributed by atoms with E-state index in [0.717, 1.165) is 11.8 Å². The van der Waals surface area contributed by atoms with Crippen LogP contribution in [0.5, 0.6) is 0 Å². The van der Waals surface area contributed by atoms with Crippen molar-refractivity contribution in [3.8, 4) is 0 Å². The van der Waals surface area contributed by atoms with Crippen molar-refractivity contribution in [2.75, 3.05) is 0 Å². The van der Waals surface area contributed by atoms with Crippen LogP contribution in [0.25, 0.3) is 0 Å². The Kier molecular flexibility index (Phi) is 1.54. The van der Waals surface area contributed by atoms with Crippen LogP contribution in [0.3, 0.4) is 0 Å². The van der Waals surface area contributed by atoms with Crippen LogP contribution in [-0.4, -0.2) is 6.04 Å². The van der Waals surface area contributed by atoms with E-state index in [9.17, 15) is 0 Å². The molecule has 0 unspecified atom stereocenters. The van der Waals surface area contributed by atoms with E-state index in [4.69, 9.17) is 5.73 Å². The second-order valence-electron chi connectivity index (χ2n) is 4.92. The van der Waals surface area contributed by atoms with Gasteiger partial charge in [0.15, 0.2) is 0 Å². The van der Waals surface area contributed by atoms with Gasteiger partial charge in [0.05, 0.1) is 0 Å². The molecule has 11 heavy (non-hydrogen) atoms. The maximum atomic E-state index is 6.02. The van der Waals surface area contributed by atoms with Crippen molar-refractivity contribution in [2.45, 2.75) is 45.6 Å². The Labute approximate surface area is 69.4 Å². The van der Waals surface area contributed by atoms with Gasteiger partial charge in [0.25, 0.3) is 0 Å². The van der Waals surface area contributed by atoms with E-state index in [1.165, 1.54) is 25.7 Å². The fraction of sp³-hybridized carbons (Fsp3) is 1.00. The molecule has 1 heteroatoms. The molecule has 2 saturated carbocycles. The van der Waals surface area contributed by atoms with Crippen LogP contribution in [0.1, 0.15) is 39.5 Å². The third kappa shape index (κ3) is 1.01. The molecule has 64 valence electrons. The zero-order valence-corrected chi connectivity index (χ0v) is 7.64. The Balaban J connectivity index is 1.98. The molecular formula is C10H19N. The van der Waals surface area contributed by atoms with Gasteiger partial charge >= 0.3 is 0 Å². The van der Waals surface area contributed by atoms with Gasteiger partial charge in [0.1, 0.15) is 0 Å². The summed E-state index contributed by atoms with van der Waals surface area (Å²) in [5.74, 6) is 1.82. The second kappa shape index (κ2) is 2.22. The first-order valence-corrected chi connectivity index (χ1v) is 4.89. The smallest absolute Gasteiger partial charge is 0.0130 e. The van der Waals surface area contributed by atoms with Crippen LogP contribution < -0.4 is 5.73 Å². The SMILES string of the molecule is CC1(C)[C@@H](N)[C@@H]1C1CCCC1. The standard InChI is InChI=1S/C10H19N/c1-10(2)8(9(10)11)7-5-3-4-6-7/h7-9H,3-6,11H2,1-2H3/t8-,9-/m0/s1. The Hall–Kier alpha value is -0.0400. The number of nitrogens with two attached hydrogens (primary N) is 1. The molecule has 0 saturated heterocycles. The molecule has 0 spiro atoms. The molecule has 1 nitrogen and oxygen atoms in total. The molecule has 0 bridgehead atoms. The Morgan fingerprint density at radius 1 is 1.18 bits per heavy atom. The van der Waals surface area contributed by atoms with Gasteiger partial charge in [0, 0.05) is 6.04 Å². The average Bonchev–Trinajstić information content (AvgIpc) is 2.40. The van der Waals surface area contributed by atoms with Crippen LogP contribution in [0.4, 0.5) is 0 Å². The van der Waals surface area contributed by atoms with Crippen molar-refractivity contribution in [3.05, 3.63) is 0 Å². The summed E-state index contributed by atoms with van der Waals surface area (Å²) in [6.07, 6.45) is 5.79. The average molecular weight is 153 g/mol. The van der Waals surface area contributed by atoms with Crippen molar-refractivity contribution in [2.24, 2.45) is 23.0 Å². The van der Waals surface area contributed by atoms with E-state index < -0.39 is 0 Å². The third-order valence-corrected chi connectivity index (χ3v) is 3.90. The molecule has 2 rings (SSSR count). The molecule has 0 heterocycles. The summed E-state index contributed by atoms with van der Waals surface area (Å²) in [4.78, 5) is 0. The van der Waals surface area contributed by atoms with Crippen molar-refractivity contribution in [3.63, 3.8) is 0 Å². The van der Waals surface area contributed by atoms with Gasteiger partial charge in [-0.15, -0.1) is 0 Å². The van der Waals surface area contributed by atoms with Crippen molar-refractivity contribution in [1.82, 2.24) is 0 Å². The number of hydrogen-bond acceptors (Lipinski definition) is 1. The molecule has 0 aromatic heterocycles. The minimum atomic E-state index is 0.467. The molecule has 2 aliphatic carbocycles. The Morgan fingerprint density at radius 2 is 1.64 bits per heavy atom. The van der Waals surface area contributed by atoms with Crippen molar-refractivity contribution in [1.29, 1.82) is 0 Å². The van der Waals surface area contributed by atoms with Gasteiger partial charge < -0.3 is 5.73 Å². The van der Waals surface area contributed by atoms with Crippen molar-refractivity contribution >= 4 is 0 Å². The molecular weight excluding hydrogens is 134 g/mol. The summed E-state index contributed by atoms with van der Waals surface area (Å²) in [6.45, 7) is 4.64. The monoisotopic (exact) mass is 153 g/mol. The van der Waals surface area contributed by atoms with Crippen LogP contribution in [0.15, 0.2) is 0 Å². The van der Waals surface area contributed by atoms with Gasteiger partial charge in [-0.1, -0.05) is 39.5 Å². The Bertz CT molecular complexity index is 156. The molecule has 2 N–H and O–H groups in total. The Morgan fingerprint density at radius 3 is 2.00 bits per heavy atom. The van der Waals surface area contributed by atoms with Gasteiger partial charge in [0.2, 0.25) is 0 Å². The predicted molar refractivity (Wildman–Crippen MR) is 47.2 cm³/mol. The largest absolute Gasteiger partial charge is 0.327 e. The van der Waals surface area contributed by atoms with E-state index in [2.05, 4.69) is 13.8 Å². The minimum Gasteiger partial charge on any atom is -0.327 e. The molecule has 0 radical (unpaired) electrons. The van der Waals surface area contributed by atoms with E-state index in [-0.39, 0.29) is 0 Å². The quantitative estimate of drug-likeness (QED) is 0.614. The molecule has 0 amide bonds. The van der Waals surface area contributed by atoms with Gasteiger partial charge in [-0.3, -0.25) is 0 Å². The zero-order chi connectivity index (χ0) is 8.06. The van der Waals surface area contributed by atoms with E-state index in [0.29, 0.717) is 11.5 Å². The maximum absolute atomic E-state index is 6.02. The molecule has 0 aromatic rings. The normalized spacial score (nSPS) is 42.8. The highest BCUT2D eigenvalue weighted by atomic mass is 14.8. The maximum Gasteiger partial charge on any atom is 0.0130 e. The minimum absolute atomic E-state index is 0.467. The van der Waals surface area contributed by atoms with Crippen LogP contribution in [0, 0.1) is 17.3 Å². The summed E-state index contributed by atoms with van der Waals surface area (Å²) < 4.78 is 0. The topological polar surface area (TPSA) is 26.0 Å². The van der Waals surface area contributed by atoms with Gasteiger partial charge in [-0.25, -0.2) is 0 Å². The lowest BCUT2D eigenvalue weighted by Crippen LogP contribution is -2.08. The molecule has 2 aliphatic rings. The fourth-order valence-electron chi connectivity index (χ4n) is 2.94. The highest BCUT2D eigenvalue weighted by Gasteiger charge is 2.58. The lowest BCUT2D eigenvalue weighted by molar-refractivity contribution is 0.402. The van der Waals surface area contributed by atoms with Gasteiger partial charge in [-0.05, 0) is 17.3 Å². The first-order chi connectivity index (χ1) is 5.14. The fourth-order valence-corrected chi connectivity index (χ4v) is 2.94. The van der Waals surface area contributed by atoms with Crippen LogP contribution in [-0.2, 0) is 0 Å². The highest BCUT2D eigenvalue weighted by molar-refractivity contribution is 5.11. The predicted octanol–water partition coefficient (Wildman–Crippen LogP) is 2.16. The van der Waals surface area contributed by atoms with E-state index in [1.807, 2.05) is 0 Å². The number of rotatable bonds is 1. The highest BCUT2D eigenvalue weighted by Crippen LogP contribution is 2.57. The third-order valence-electron chi connectivity index (χ3n) is 3.90. The summed E-state index contributed by atoms with van der Waals surface area (Å²) in [5.41, 5.74) is 6.49. The van der Waals surface area contributed by atoms with E-state index in [1.54, 1.807) is 0 Å². The lowest BCUT2D eigenvalue weighted by atomic mass is 9.96. The summed E-state index contributed by atoms with van der Waals surface area (Å²) in [7, 11) is 0. The zero-order valence-electron chi connectivity index (χ0n) is 7.64. The summed E-state index contributed by atoms with van der Waals surface area (Å²) in [6, 6.07) is 0.505. The molecule has 0 aliphatic heterocycles. The molecule has 2 fully saturated rings. The van der Waals surface area contributed by atoms with E-state index >= 15 is 0 Å². The summed E-state index contributed by atoms with van der Waals surface area (Å²) in [5, 5.41) is 0. The number of hydrogen-bond donors (Lipinski definition) is 1. The van der Waals surface area contributed by atoms with Crippen molar-refractivity contribution < 1.29 is 0 Å². The second-order valence-corrected chi connectivity index (χ2v) is 4.92. The van der Waals surface area contributed by atoms with Crippen LogP contribution >= 0.6 is 0 Å². The first kappa shape index (κ1) is 7.60. The molecule has 0 aromatic carbocycles. The summed E-state index contributed by atoms with van der Waals surface area (Å²) >= 11 is 0. The first-order valence-electron chi connectivity index (χ1n) is 4.89. The molecule has 2 atom stereocenters. The lowest BCUT2D eigenvalue weighted by Gasteiger charge is -2.09. The van der Waals surface area contributed by atoms with Crippen LogP contribution in [0.2, 0.25) is 0 Å². The van der Waals surface area contributed by atoms with Gasteiger partial charge in [-0.2, -0.15) is 0 Å².